The highest BCUT2D eigenvalue weighted by Crippen LogP contribution is 2.41. The Kier molecular flexibility index (Phi) is 4.75. The first-order valence-electron chi connectivity index (χ1n) is 9.48. The minimum Gasteiger partial charge on any atom is -0.384 e. The summed E-state index contributed by atoms with van der Waals surface area (Å²) in [6, 6.07) is 5.46. The lowest BCUT2D eigenvalue weighted by Gasteiger charge is -2.35. The first kappa shape index (κ1) is 19.1. The van der Waals surface area contributed by atoms with Crippen LogP contribution in [0.25, 0.3) is 11.4 Å². The first-order chi connectivity index (χ1) is 13.3. The third-order valence-electron chi connectivity index (χ3n) is 5.71. The Morgan fingerprint density at radius 3 is 2.82 bits per heavy atom. The molecule has 0 radical (unpaired) electrons. The van der Waals surface area contributed by atoms with Crippen molar-refractivity contribution in [3.05, 3.63) is 30.1 Å². The summed E-state index contributed by atoms with van der Waals surface area (Å²) in [6.07, 6.45) is 2.80. The van der Waals surface area contributed by atoms with Crippen molar-refractivity contribution in [3.8, 4) is 11.4 Å². The average molecular weight is 404 g/mol. The van der Waals surface area contributed by atoms with Gasteiger partial charge in [-0.15, -0.1) is 0 Å². The minimum atomic E-state index is -3.28. The number of anilines is 2. The van der Waals surface area contributed by atoms with Gasteiger partial charge in [-0.2, -0.15) is 0 Å². The summed E-state index contributed by atoms with van der Waals surface area (Å²) in [7, 11) is -3.28. The van der Waals surface area contributed by atoms with E-state index in [0.29, 0.717) is 49.9 Å². The number of nitrogen functional groups attached to an aromatic ring is 1. The zero-order chi connectivity index (χ0) is 19.9. The Hall–Kier alpha value is -2.26. The second-order valence-corrected chi connectivity index (χ2v) is 10.2. The van der Waals surface area contributed by atoms with Crippen molar-refractivity contribution in [1.82, 2.24) is 15.0 Å². The summed E-state index contributed by atoms with van der Waals surface area (Å²) in [5.74, 6) is 1.74. The molecule has 2 atom stereocenters. The van der Waals surface area contributed by atoms with Crippen LogP contribution in [0.2, 0.25) is 0 Å². The molecule has 2 unspecified atom stereocenters. The number of ether oxygens (including phenoxy) is 1. The van der Waals surface area contributed by atoms with E-state index < -0.39 is 14.6 Å². The van der Waals surface area contributed by atoms with E-state index in [9.17, 15) is 8.42 Å². The van der Waals surface area contributed by atoms with E-state index in [1.807, 2.05) is 6.07 Å². The summed E-state index contributed by atoms with van der Waals surface area (Å²) in [5, 5.41) is 0. The van der Waals surface area contributed by atoms with Gasteiger partial charge in [0.15, 0.2) is 15.7 Å². The Labute approximate surface area is 165 Å². The van der Waals surface area contributed by atoms with Crippen molar-refractivity contribution in [3.63, 3.8) is 0 Å². The molecule has 0 amide bonds. The molecule has 2 aliphatic heterocycles. The topological polar surface area (TPSA) is 111 Å². The largest absolute Gasteiger partial charge is 0.384 e. The van der Waals surface area contributed by atoms with Crippen molar-refractivity contribution in [2.24, 2.45) is 0 Å². The van der Waals surface area contributed by atoms with Crippen molar-refractivity contribution >= 4 is 21.5 Å². The highest BCUT2D eigenvalue weighted by atomic mass is 32.2. The van der Waals surface area contributed by atoms with Gasteiger partial charge < -0.3 is 15.4 Å². The van der Waals surface area contributed by atoms with Crippen LogP contribution in [0.5, 0.6) is 0 Å². The Morgan fingerprint density at radius 1 is 1.32 bits per heavy atom. The van der Waals surface area contributed by atoms with Gasteiger partial charge in [0.2, 0.25) is 0 Å². The van der Waals surface area contributed by atoms with Crippen LogP contribution < -0.4 is 10.6 Å². The lowest BCUT2D eigenvalue weighted by Crippen LogP contribution is -2.44. The maximum absolute atomic E-state index is 12.8. The highest BCUT2D eigenvalue weighted by molar-refractivity contribution is 7.92. The summed E-state index contributed by atoms with van der Waals surface area (Å²) < 4.78 is 30.2. The summed E-state index contributed by atoms with van der Waals surface area (Å²) in [6.45, 7) is 5.75. The van der Waals surface area contributed by atoms with Crippen LogP contribution >= 0.6 is 0 Å². The second kappa shape index (κ2) is 6.97. The van der Waals surface area contributed by atoms with Crippen molar-refractivity contribution < 1.29 is 13.2 Å². The number of sulfone groups is 1. The lowest BCUT2D eigenvalue weighted by atomic mass is 10.0. The molecule has 2 aliphatic rings. The van der Waals surface area contributed by atoms with Crippen LogP contribution in [0.1, 0.15) is 32.4 Å². The number of nitrogens with two attached hydrogens (primary N) is 1. The zero-order valence-electron chi connectivity index (χ0n) is 16.1. The lowest BCUT2D eigenvalue weighted by molar-refractivity contribution is 0.0985. The number of aromatic nitrogens is 3. The first-order valence-corrected chi connectivity index (χ1v) is 11.1. The molecule has 28 heavy (non-hydrogen) atoms. The summed E-state index contributed by atoms with van der Waals surface area (Å²) >= 11 is 0. The molecular weight excluding hydrogens is 378 g/mol. The molecule has 2 aromatic rings. The molecule has 2 aromatic heterocycles. The van der Waals surface area contributed by atoms with E-state index >= 15 is 0 Å². The number of pyridine rings is 1. The minimum absolute atomic E-state index is 0.139. The molecule has 0 saturated carbocycles. The predicted octanol–water partition coefficient (Wildman–Crippen LogP) is 1.77. The van der Waals surface area contributed by atoms with Crippen LogP contribution in [0, 0.1) is 0 Å². The number of hydrogen-bond donors (Lipinski definition) is 1. The molecule has 0 aromatic carbocycles. The molecule has 8 nitrogen and oxygen atoms in total. The molecule has 0 aliphatic carbocycles. The molecule has 0 bridgehead atoms. The average Bonchev–Trinajstić information content (AvgIpc) is 2.95. The Balaban J connectivity index is 1.88. The molecule has 4 rings (SSSR count). The molecular formula is C19H25N5O3S. The predicted molar refractivity (Wildman–Crippen MR) is 108 cm³/mol. The number of hydrogen-bond acceptors (Lipinski definition) is 8. The molecule has 2 saturated heterocycles. The smallest absolute Gasteiger partial charge is 0.162 e. The fourth-order valence-corrected chi connectivity index (χ4v) is 5.76. The van der Waals surface area contributed by atoms with Crippen molar-refractivity contribution in [2.45, 2.75) is 37.5 Å². The third kappa shape index (κ3) is 3.22. The monoisotopic (exact) mass is 403 g/mol. The number of morpholine rings is 1. The van der Waals surface area contributed by atoms with Gasteiger partial charge in [-0.3, -0.25) is 0 Å². The number of nitrogens with zero attached hydrogens (tertiary/aromatic N) is 4. The van der Waals surface area contributed by atoms with Gasteiger partial charge in [-0.05, 0) is 38.8 Å². The summed E-state index contributed by atoms with van der Waals surface area (Å²) in [4.78, 5) is 15.6. The molecule has 9 heteroatoms. The molecule has 0 spiro atoms. The molecule has 4 heterocycles. The van der Waals surface area contributed by atoms with Crippen LogP contribution in [-0.4, -0.2) is 54.9 Å². The van der Waals surface area contributed by atoms with E-state index in [0.717, 1.165) is 11.4 Å². The second-order valence-electron chi connectivity index (χ2n) is 7.67. The van der Waals surface area contributed by atoms with Gasteiger partial charge in [0.05, 0.1) is 30.7 Å². The fourth-order valence-electron chi connectivity index (χ4n) is 3.90. The zero-order valence-corrected chi connectivity index (χ0v) is 16.9. The molecule has 2 N–H and O–H groups in total. The maximum atomic E-state index is 12.8. The van der Waals surface area contributed by atoms with E-state index in [4.69, 9.17) is 15.5 Å². The molecule has 150 valence electrons. The van der Waals surface area contributed by atoms with Crippen LogP contribution in [-0.2, 0) is 19.3 Å². The van der Waals surface area contributed by atoms with Gasteiger partial charge in [0, 0.05) is 24.4 Å². The standard InChI is InChI=1S/C19H25N5O3S/c1-13-12-27-8-7-24(13)17-11-15(19(2)5-3-9-28(19,25)26)22-18(23-17)14-4-6-21-16(20)10-14/h4,6,10-11,13H,3,5,7-9,12H2,1-2H3,(H2,20,21). The van der Waals surface area contributed by atoms with Crippen molar-refractivity contribution in [2.75, 3.05) is 36.1 Å². The van der Waals surface area contributed by atoms with Gasteiger partial charge in [0.25, 0.3) is 0 Å². The number of rotatable bonds is 3. The quantitative estimate of drug-likeness (QED) is 0.825. The van der Waals surface area contributed by atoms with E-state index in [1.165, 1.54) is 0 Å². The van der Waals surface area contributed by atoms with Gasteiger partial charge in [-0.25, -0.2) is 23.4 Å². The highest BCUT2D eigenvalue weighted by Gasteiger charge is 2.46. The van der Waals surface area contributed by atoms with Crippen molar-refractivity contribution in [1.29, 1.82) is 0 Å². The molecule has 2 fully saturated rings. The fraction of sp³-hybridized carbons (Fsp3) is 0.526. The Morgan fingerprint density at radius 2 is 2.14 bits per heavy atom. The summed E-state index contributed by atoms with van der Waals surface area (Å²) in [5.41, 5.74) is 7.10. The maximum Gasteiger partial charge on any atom is 0.162 e. The van der Waals surface area contributed by atoms with E-state index in [-0.39, 0.29) is 11.8 Å². The Bertz CT molecular complexity index is 997. The third-order valence-corrected chi connectivity index (χ3v) is 8.32. The van der Waals surface area contributed by atoms with Gasteiger partial charge in [0.1, 0.15) is 16.4 Å². The van der Waals surface area contributed by atoms with E-state index in [2.05, 4.69) is 21.8 Å². The van der Waals surface area contributed by atoms with Crippen LogP contribution in [0.15, 0.2) is 24.4 Å². The van der Waals surface area contributed by atoms with Crippen LogP contribution in [0.4, 0.5) is 11.6 Å². The van der Waals surface area contributed by atoms with Gasteiger partial charge in [-0.1, -0.05) is 0 Å². The normalized spacial score (nSPS) is 27.1. The van der Waals surface area contributed by atoms with E-state index in [1.54, 1.807) is 25.3 Å². The SMILES string of the molecule is CC1COCCN1c1cc(C2(C)CCCS2(=O)=O)nc(-c2ccnc(N)c2)n1. The van der Waals surface area contributed by atoms with Gasteiger partial charge >= 0.3 is 0 Å². The van der Waals surface area contributed by atoms with Crippen LogP contribution in [0.3, 0.4) is 0 Å².